The summed E-state index contributed by atoms with van der Waals surface area (Å²) < 4.78 is 14.0. The number of nitrogens with one attached hydrogen (secondary N) is 1. The van der Waals surface area contributed by atoms with Crippen LogP contribution in [-0.2, 0) is 30.7 Å². The van der Waals surface area contributed by atoms with E-state index in [0.717, 1.165) is 87.4 Å². The van der Waals surface area contributed by atoms with Gasteiger partial charge in [0.15, 0.2) is 0 Å². The molecule has 308 valence electrons. The van der Waals surface area contributed by atoms with Crippen molar-refractivity contribution in [2.45, 2.75) is 102 Å². The molecule has 59 heavy (non-hydrogen) atoms. The number of piperidine rings is 2. The normalized spacial score (nSPS) is 25.5. The van der Waals surface area contributed by atoms with Crippen LogP contribution in [0.4, 0.5) is 4.39 Å². The first-order chi connectivity index (χ1) is 28.6. The highest BCUT2D eigenvalue weighted by atomic mass is 19.1. The lowest BCUT2D eigenvalue weighted by atomic mass is 9.68. The van der Waals surface area contributed by atoms with Crippen molar-refractivity contribution < 1.29 is 23.9 Å². The minimum Gasteiger partial charge on any atom is -0.508 e. The van der Waals surface area contributed by atoms with Crippen LogP contribution in [0.3, 0.4) is 0 Å². The number of carbonyl (C=O) groups is 3. The number of amides is 3. The van der Waals surface area contributed by atoms with Crippen LogP contribution >= 0.6 is 0 Å². The van der Waals surface area contributed by atoms with Gasteiger partial charge in [-0.15, -0.1) is 0 Å². The molecule has 4 aliphatic heterocycles. The van der Waals surface area contributed by atoms with Gasteiger partial charge in [0, 0.05) is 44.2 Å². The fraction of sp³-hybridized carbons (Fsp3) is 0.460. The van der Waals surface area contributed by atoms with Gasteiger partial charge in [0.2, 0.25) is 5.91 Å². The smallest absolute Gasteiger partial charge is 0.262 e. The highest BCUT2D eigenvalue weighted by Crippen LogP contribution is 2.46. The predicted molar refractivity (Wildman–Crippen MR) is 228 cm³/mol. The number of alkyl halides is 1. The van der Waals surface area contributed by atoms with Crippen LogP contribution in [0, 0.1) is 17.8 Å². The van der Waals surface area contributed by atoms with Crippen molar-refractivity contribution in [1.29, 1.82) is 0 Å². The van der Waals surface area contributed by atoms with Crippen LogP contribution in [0.2, 0.25) is 0 Å². The minimum atomic E-state index is -0.897. The number of nitrogens with zero attached hydrogens (tertiary/aromatic N) is 3. The molecule has 0 spiro atoms. The van der Waals surface area contributed by atoms with Crippen molar-refractivity contribution in [3.8, 4) is 5.75 Å². The molecular formula is C50H57FN4O4. The third kappa shape index (κ3) is 8.08. The fourth-order valence-electron chi connectivity index (χ4n) is 10.9. The molecule has 2 fully saturated rings. The summed E-state index contributed by atoms with van der Waals surface area (Å²) >= 11 is 0. The molecule has 3 aromatic rings. The third-order valence-electron chi connectivity index (χ3n) is 14.3. The maximum atomic E-state index is 14.0. The number of rotatable bonds is 11. The molecule has 9 heteroatoms. The third-order valence-corrected chi connectivity index (χ3v) is 14.3. The van der Waals surface area contributed by atoms with E-state index in [1.54, 1.807) is 12.1 Å². The Morgan fingerprint density at radius 1 is 0.881 bits per heavy atom. The van der Waals surface area contributed by atoms with E-state index in [1.165, 1.54) is 40.7 Å². The van der Waals surface area contributed by atoms with E-state index < -0.39 is 12.2 Å². The standard InChI is InChI=1S/C50H57FN4O4/c1-3-32(5-6-33-7-9-36(10-8-33)47-42(35-11-14-40(51)15-12-35)17-13-37-24-41(56)16-18-43(37)47)27-53-22-20-34(21-23-53)28-54-29-38-25-44-45(26-39(38)30-54)50(59)55(49(44)58)46-19-4-31(2)52-48(46)57/h7-12,14,16,18,24-26,32,34,40,42,46-47,56H,2-6,13,15,17,19-23,27-30H2,1H3,(H,52,57). The van der Waals surface area contributed by atoms with Crippen LogP contribution < -0.4 is 5.32 Å². The number of phenols is 1. The number of hydrogen-bond donors (Lipinski definition) is 2. The molecule has 0 bridgehead atoms. The quantitative estimate of drug-likeness (QED) is 0.190. The number of aromatic hydroxyl groups is 1. The molecule has 0 saturated carbocycles. The first-order valence-electron chi connectivity index (χ1n) is 22.0. The molecule has 6 aliphatic rings. The first-order valence-corrected chi connectivity index (χ1v) is 22.0. The summed E-state index contributed by atoms with van der Waals surface area (Å²) in [6, 6.07) is 18.1. The number of fused-ring (bicyclic) bond motifs is 3. The number of imide groups is 1. The molecule has 9 rings (SSSR count). The number of hydrogen-bond acceptors (Lipinski definition) is 6. The molecule has 5 unspecified atom stereocenters. The van der Waals surface area contributed by atoms with Gasteiger partial charge in [0.25, 0.3) is 11.8 Å². The average Bonchev–Trinajstić information content (AvgIpc) is 3.74. The molecule has 2 aliphatic carbocycles. The summed E-state index contributed by atoms with van der Waals surface area (Å²) in [6.45, 7) is 12.1. The van der Waals surface area contributed by atoms with Gasteiger partial charge in [-0.05, 0) is 145 Å². The molecule has 3 aromatic carbocycles. The van der Waals surface area contributed by atoms with Crippen molar-refractivity contribution in [2.24, 2.45) is 17.8 Å². The average molecular weight is 797 g/mol. The van der Waals surface area contributed by atoms with Gasteiger partial charge in [0.05, 0.1) is 11.1 Å². The van der Waals surface area contributed by atoms with Gasteiger partial charge in [-0.1, -0.05) is 68.5 Å². The summed E-state index contributed by atoms with van der Waals surface area (Å²) in [5.41, 5.74) is 10.1. The van der Waals surface area contributed by atoms with Crippen molar-refractivity contribution in [2.75, 3.05) is 26.2 Å². The molecule has 5 atom stereocenters. The van der Waals surface area contributed by atoms with Gasteiger partial charge in [-0.25, -0.2) is 4.39 Å². The molecule has 0 aromatic heterocycles. The lowest BCUT2D eigenvalue weighted by Gasteiger charge is -2.36. The number of aryl methyl sites for hydroxylation is 2. The lowest BCUT2D eigenvalue weighted by molar-refractivity contribution is -0.125. The molecule has 4 heterocycles. The zero-order chi connectivity index (χ0) is 40.8. The maximum Gasteiger partial charge on any atom is 0.262 e. The molecule has 0 radical (unpaired) electrons. The SMILES string of the molecule is C=C1CCC(N2C(=O)c3cc4c(cc3C2=O)CN(CC2CCN(CC(CC)CCc3ccc(C5c6ccc(O)cc6CCC5C5=CCC(F)C=C5)cc3)CC2)C4)C(=O)N1. The number of halogens is 1. The largest absolute Gasteiger partial charge is 0.508 e. The van der Waals surface area contributed by atoms with Crippen LogP contribution in [0.25, 0.3) is 0 Å². The van der Waals surface area contributed by atoms with Crippen LogP contribution in [0.15, 0.2) is 90.7 Å². The fourth-order valence-corrected chi connectivity index (χ4v) is 10.9. The summed E-state index contributed by atoms with van der Waals surface area (Å²) in [5.74, 6) is 0.980. The zero-order valence-electron chi connectivity index (χ0n) is 34.3. The number of allylic oxidation sites excluding steroid dienone is 5. The Morgan fingerprint density at radius 2 is 1.61 bits per heavy atom. The Hall–Kier alpha value is -4.86. The Labute approximate surface area is 347 Å². The Balaban J connectivity index is 0.756. The topological polar surface area (TPSA) is 93.2 Å². The van der Waals surface area contributed by atoms with E-state index in [4.69, 9.17) is 0 Å². The van der Waals surface area contributed by atoms with Crippen molar-refractivity contribution in [3.05, 3.63) is 135 Å². The summed E-state index contributed by atoms with van der Waals surface area (Å²) in [6.07, 6.45) is 13.9. The number of likely N-dealkylation sites (tertiary alicyclic amines) is 1. The molecule has 8 nitrogen and oxygen atoms in total. The monoisotopic (exact) mass is 796 g/mol. The number of phenolic OH excluding ortho intramolecular Hbond substituents is 1. The van der Waals surface area contributed by atoms with Crippen molar-refractivity contribution >= 4 is 17.7 Å². The zero-order valence-corrected chi connectivity index (χ0v) is 34.3. The predicted octanol–water partition coefficient (Wildman–Crippen LogP) is 8.39. The van der Waals surface area contributed by atoms with Gasteiger partial charge in [-0.3, -0.25) is 24.2 Å². The van der Waals surface area contributed by atoms with Gasteiger partial charge in [-0.2, -0.15) is 0 Å². The lowest BCUT2D eigenvalue weighted by Crippen LogP contribution is -2.51. The summed E-state index contributed by atoms with van der Waals surface area (Å²) in [4.78, 5) is 45.8. The second-order valence-corrected chi connectivity index (χ2v) is 18.1. The van der Waals surface area contributed by atoms with E-state index in [9.17, 15) is 23.9 Å². The highest BCUT2D eigenvalue weighted by molar-refractivity contribution is 6.23. The van der Waals surface area contributed by atoms with Crippen LogP contribution in [0.1, 0.15) is 118 Å². The van der Waals surface area contributed by atoms with E-state index in [2.05, 4.69) is 65.0 Å². The van der Waals surface area contributed by atoms with E-state index in [0.29, 0.717) is 53.7 Å². The van der Waals surface area contributed by atoms with Gasteiger partial charge in [0.1, 0.15) is 18.0 Å². The molecular weight excluding hydrogens is 740 g/mol. The van der Waals surface area contributed by atoms with E-state index in [-0.39, 0.29) is 29.6 Å². The highest BCUT2D eigenvalue weighted by Gasteiger charge is 2.45. The first kappa shape index (κ1) is 39.6. The van der Waals surface area contributed by atoms with Gasteiger partial charge >= 0.3 is 0 Å². The van der Waals surface area contributed by atoms with Gasteiger partial charge < -0.3 is 15.3 Å². The second-order valence-electron chi connectivity index (χ2n) is 18.1. The molecule has 2 N–H and O–H groups in total. The second kappa shape index (κ2) is 16.7. The molecule has 3 amide bonds. The van der Waals surface area contributed by atoms with E-state index in [1.807, 2.05) is 24.3 Å². The van der Waals surface area contributed by atoms with Crippen molar-refractivity contribution in [1.82, 2.24) is 20.0 Å². The number of carbonyl (C=O) groups excluding carboxylic acids is 3. The van der Waals surface area contributed by atoms with Crippen LogP contribution in [-0.4, -0.2) is 75.9 Å². The Bertz CT molecular complexity index is 2160. The summed E-state index contributed by atoms with van der Waals surface area (Å²) in [5, 5.41) is 12.9. The maximum absolute atomic E-state index is 14.0. The van der Waals surface area contributed by atoms with E-state index >= 15 is 0 Å². The molecule has 2 saturated heterocycles. The summed E-state index contributed by atoms with van der Waals surface area (Å²) in [7, 11) is 0. The van der Waals surface area contributed by atoms with Crippen LogP contribution in [0.5, 0.6) is 5.75 Å². The van der Waals surface area contributed by atoms with Crippen molar-refractivity contribution in [3.63, 3.8) is 0 Å². The Kier molecular flexibility index (Phi) is 11.2. The Morgan fingerprint density at radius 3 is 2.27 bits per heavy atom. The minimum absolute atomic E-state index is 0.177. The number of benzene rings is 3.